The van der Waals surface area contributed by atoms with Crippen molar-refractivity contribution in [2.24, 2.45) is 0 Å². The highest BCUT2D eigenvalue weighted by atomic mass is 16.3. The van der Waals surface area contributed by atoms with E-state index in [9.17, 15) is 0 Å². The summed E-state index contributed by atoms with van der Waals surface area (Å²) < 4.78 is 10.7. The minimum absolute atomic E-state index is 0.659. The number of imidazole rings is 2. The van der Waals surface area contributed by atoms with Crippen LogP contribution in [0.5, 0.6) is 0 Å². The van der Waals surface area contributed by atoms with Crippen LogP contribution in [0.3, 0.4) is 0 Å². The third kappa shape index (κ3) is 3.70. The fraction of sp³-hybridized carbons (Fsp3) is 0. The summed E-state index contributed by atoms with van der Waals surface area (Å²) in [5.41, 5.74) is 10.2. The van der Waals surface area contributed by atoms with Crippen molar-refractivity contribution in [2.75, 3.05) is 0 Å². The molecule has 0 N–H and O–H groups in total. The lowest BCUT2D eigenvalue weighted by Crippen LogP contribution is -1.99. The molecule has 0 spiro atoms. The van der Waals surface area contributed by atoms with E-state index in [1.807, 2.05) is 72.8 Å². The van der Waals surface area contributed by atoms with E-state index in [1.165, 1.54) is 0 Å². The van der Waals surface area contributed by atoms with E-state index >= 15 is 0 Å². The number of furan rings is 1. The van der Waals surface area contributed by atoms with Crippen LogP contribution in [-0.4, -0.2) is 23.9 Å². The summed E-state index contributed by atoms with van der Waals surface area (Å²) in [7, 11) is 0. The van der Waals surface area contributed by atoms with Gasteiger partial charge in [0.2, 0.25) is 11.5 Å². The molecule has 9 rings (SSSR count). The number of hydrogen-bond donors (Lipinski definition) is 0. The maximum Gasteiger partial charge on any atom is 0.232 e. The Morgan fingerprint density at radius 2 is 1.19 bits per heavy atom. The summed E-state index contributed by atoms with van der Waals surface area (Å²) in [6, 6.07) is 47.2. The first kappa shape index (κ1) is 23.7. The first-order chi connectivity index (χ1) is 21.3. The summed E-state index contributed by atoms with van der Waals surface area (Å²) >= 11 is 0. The van der Waals surface area contributed by atoms with Gasteiger partial charge in [0.25, 0.3) is 0 Å². The molecule has 0 unspecified atom stereocenters. The van der Waals surface area contributed by atoms with E-state index < -0.39 is 0 Å². The molecule has 0 aliphatic carbocycles. The van der Waals surface area contributed by atoms with E-state index in [2.05, 4.69) is 75.7 Å². The summed E-state index contributed by atoms with van der Waals surface area (Å²) in [6.45, 7) is 0. The second-order valence-electron chi connectivity index (χ2n) is 10.6. The van der Waals surface area contributed by atoms with Crippen molar-refractivity contribution in [3.8, 4) is 39.6 Å². The van der Waals surface area contributed by atoms with Crippen molar-refractivity contribution in [1.29, 1.82) is 0 Å². The number of nitrogens with zero attached hydrogens (tertiary/aromatic N) is 5. The first-order valence-electron chi connectivity index (χ1n) is 14.2. The van der Waals surface area contributed by atoms with Gasteiger partial charge in [-0.15, -0.1) is 0 Å². The van der Waals surface area contributed by atoms with Gasteiger partial charge in [0.15, 0.2) is 5.82 Å². The second-order valence-corrected chi connectivity index (χ2v) is 10.6. The van der Waals surface area contributed by atoms with Crippen LogP contribution in [0.4, 0.5) is 0 Å². The molecule has 0 saturated heterocycles. The molecule has 0 bridgehead atoms. The monoisotopic (exact) mass is 553 g/mol. The zero-order valence-electron chi connectivity index (χ0n) is 22.9. The smallest absolute Gasteiger partial charge is 0.232 e. The standard InChI is InChI=1S/C37H23N5O/c1-3-12-24(13-4-1)30-23-31(25-14-5-2-6-15-25)39-35(38-30)26-16-11-17-27(22-26)41-34-28-18-7-10-21-33(28)43-36(34)42-32-20-9-8-19-29(32)40-37(41)42/h1-23H. The molecule has 6 nitrogen and oxygen atoms in total. The Morgan fingerprint density at radius 1 is 0.535 bits per heavy atom. The normalized spacial score (nSPS) is 11.7. The zero-order valence-corrected chi connectivity index (χ0v) is 22.9. The Hall–Kier alpha value is -6.01. The third-order valence-corrected chi connectivity index (χ3v) is 7.95. The molecule has 0 aliphatic rings. The lowest BCUT2D eigenvalue weighted by atomic mass is 10.1. The molecule has 4 aromatic heterocycles. The first-order valence-corrected chi connectivity index (χ1v) is 14.2. The highest BCUT2D eigenvalue weighted by Gasteiger charge is 2.23. The van der Waals surface area contributed by atoms with Gasteiger partial charge in [-0.3, -0.25) is 4.57 Å². The predicted molar refractivity (Wildman–Crippen MR) is 171 cm³/mol. The van der Waals surface area contributed by atoms with Crippen LogP contribution >= 0.6 is 0 Å². The Balaban J connectivity index is 1.30. The van der Waals surface area contributed by atoms with E-state index in [4.69, 9.17) is 19.4 Å². The average molecular weight is 554 g/mol. The maximum absolute atomic E-state index is 6.46. The lowest BCUT2D eigenvalue weighted by Gasteiger charge is -2.11. The van der Waals surface area contributed by atoms with Gasteiger partial charge in [0.1, 0.15) is 11.1 Å². The van der Waals surface area contributed by atoms with Crippen LogP contribution in [0.25, 0.3) is 78.6 Å². The average Bonchev–Trinajstić information content (AvgIpc) is 3.73. The highest BCUT2D eigenvalue weighted by Crippen LogP contribution is 2.37. The van der Waals surface area contributed by atoms with Crippen LogP contribution in [0.2, 0.25) is 0 Å². The number of hydrogen-bond acceptors (Lipinski definition) is 4. The molecule has 0 saturated carbocycles. The van der Waals surface area contributed by atoms with Gasteiger partial charge in [0, 0.05) is 22.1 Å². The highest BCUT2D eigenvalue weighted by molar-refractivity contribution is 6.06. The van der Waals surface area contributed by atoms with E-state index in [1.54, 1.807) is 0 Å². The number of aromatic nitrogens is 5. The molecule has 0 aliphatic heterocycles. The van der Waals surface area contributed by atoms with Gasteiger partial charge >= 0.3 is 0 Å². The quantitative estimate of drug-likeness (QED) is 0.218. The molecule has 4 heterocycles. The number of rotatable bonds is 4. The van der Waals surface area contributed by atoms with E-state index in [0.29, 0.717) is 5.82 Å². The summed E-state index contributed by atoms with van der Waals surface area (Å²) in [5, 5.41) is 1.03. The summed E-state index contributed by atoms with van der Waals surface area (Å²) in [4.78, 5) is 15.2. The summed E-state index contributed by atoms with van der Waals surface area (Å²) in [6.07, 6.45) is 0. The molecular weight excluding hydrogens is 530 g/mol. The third-order valence-electron chi connectivity index (χ3n) is 7.95. The molecule has 202 valence electrons. The Bertz CT molecular complexity index is 2400. The molecular formula is C37H23N5O. The minimum atomic E-state index is 0.659. The van der Waals surface area contributed by atoms with Crippen molar-refractivity contribution in [2.45, 2.75) is 0 Å². The van der Waals surface area contributed by atoms with Gasteiger partial charge in [-0.2, -0.15) is 0 Å². The van der Waals surface area contributed by atoms with E-state index in [0.717, 1.165) is 72.8 Å². The van der Waals surface area contributed by atoms with Gasteiger partial charge in [-0.1, -0.05) is 97.1 Å². The second kappa shape index (κ2) is 9.26. The Labute approximate surface area is 246 Å². The maximum atomic E-state index is 6.46. The SMILES string of the molecule is c1ccc(-c2cc(-c3ccccc3)nc(-c3cccc(-n4c5c6ccccc6oc5n5c6ccccc6nc45)c3)n2)cc1. The fourth-order valence-electron chi connectivity index (χ4n) is 5.97. The largest absolute Gasteiger partial charge is 0.437 e. The van der Waals surface area contributed by atoms with Gasteiger partial charge in [-0.05, 0) is 42.5 Å². The van der Waals surface area contributed by atoms with Crippen molar-refractivity contribution in [1.82, 2.24) is 23.9 Å². The van der Waals surface area contributed by atoms with Crippen molar-refractivity contribution in [3.63, 3.8) is 0 Å². The molecule has 6 heteroatoms. The molecule has 0 amide bonds. The molecule has 9 aromatic rings. The molecule has 43 heavy (non-hydrogen) atoms. The number of fused-ring (bicyclic) bond motifs is 7. The van der Waals surface area contributed by atoms with Crippen molar-refractivity contribution < 1.29 is 4.42 Å². The van der Waals surface area contributed by atoms with Crippen LogP contribution in [0.1, 0.15) is 0 Å². The fourth-order valence-corrected chi connectivity index (χ4v) is 5.97. The Morgan fingerprint density at radius 3 is 1.95 bits per heavy atom. The number of para-hydroxylation sites is 3. The minimum Gasteiger partial charge on any atom is -0.437 e. The van der Waals surface area contributed by atoms with Gasteiger partial charge in [-0.25, -0.2) is 19.4 Å². The van der Waals surface area contributed by atoms with Gasteiger partial charge in [0.05, 0.1) is 28.1 Å². The molecule has 0 atom stereocenters. The predicted octanol–water partition coefficient (Wildman–Crippen LogP) is 8.97. The molecule has 5 aromatic carbocycles. The lowest BCUT2D eigenvalue weighted by molar-refractivity contribution is 0.651. The van der Waals surface area contributed by atoms with Crippen LogP contribution in [0.15, 0.2) is 144 Å². The van der Waals surface area contributed by atoms with Crippen molar-refractivity contribution >= 4 is 39.0 Å². The van der Waals surface area contributed by atoms with Crippen LogP contribution in [-0.2, 0) is 0 Å². The topological polar surface area (TPSA) is 61.2 Å². The molecule has 0 fully saturated rings. The zero-order chi connectivity index (χ0) is 28.3. The molecule has 0 radical (unpaired) electrons. The van der Waals surface area contributed by atoms with Gasteiger partial charge < -0.3 is 4.42 Å². The van der Waals surface area contributed by atoms with Crippen LogP contribution < -0.4 is 0 Å². The number of benzene rings is 5. The van der Waals surface area contributed by atoms with Crippen molar-refractivity contribution in [3.05, 3.63) is 140 Å². The van der Waals surface area contributed by atoms with Crippen LogP contribution in [0, 0.1) is 0 Å². The van der Waals surface area contributed by atoms with E-state index in [-0.39, 0.29) is 0 Å². The summed E-state index contributed by atoms with van der Waals surface area (Å²) in [5.74, 6) is 1.45. The Kier molecular flexibility index (Phi) is 5.10.